The van der Waals surface area contributed by atoms with Crippen LogP contribution in [-0.2, 0) is 4.79 Å². The maximum atomic E-state index is 14.0. The SMILES string of the molecule is CCN(CC)C(=O)C1=C(C)N=c2s/c(=C\c3cc(Cl)ccc3OC(C)C)c(=O)n2[C@@H]1c1ccccc1OC. The minimum Gasteiger partial charge on any atom is -0.496 e. The minimum absolute atomic E-state index is 0.0496. The predicted octanol–water partition coefficient (Wildman–Crippen LogP) is 4.55. The lowest BCUT2D eigenvalue weighted by atomic mass is 9.94. The van der Waals surface area contributed by atoms with Crippen molar-refractivity contribution in [3.05, 3.63) is 89.6 Å². The van der Waals surface area contributed by atoms with Gasteiger partial charge in [-0.15, -0.1) is 0 Å². The van der Waals surface area contributed by atoms with Gasteiger partial charge in [0.15, 0.2) is 4.80 Å². The van der Waals surface area contributed by atoms with E-state index in [4.69, 9.17) is 26.1 Å². The third kappa shape index (κ3) is 5.28. The Labute approximate surface area is 231 Å². The molecule has 0 radical (unpaired) electrons. The molecule has 0 fully saturated rings. The highest BCUT2D eigenvalue weighted by Crippen LogP contribution is 2.36. The molecule has 0 aliphatic carbocycles. The number of carbonyl (C=O) groups is 1. The van der Waals surface area contributed by atoms with E-state index in [-0.39, 0.29) is 17.6 Å². The Kier molecular flexibility index (Phi) is 8.43. The first-order valence-electron chi connectivity index (χ1n) is 12.6. The van der Waals surface area contributed by atoms with Crippen LogP contribution in [0.4, 0.5) is 0 Å². The molecule has 1 aliphatic rings. The van der Waals surface area contributed by atoms with Crippen molar-refractivity contribution in [2.45, 2.75) is 46.8 Å². The molecule has 1 atom stereocenters. The summed E-state index contributed by atoms with van der Waals surface area (Å²) in [6, 6.07) is 12.1. The van der Waals surface area contributed by atoms with Crippen molar-refractivity contribution in [3.63, 3.8) is 0 Å². The third-order valence-corrected chi connectivity index (χ3v) is 7.58. The van der Waals surface area contributed by atoms with Crippen LogP contribution in [0.15, 0.2) is 63.5 Å². The molecule has 0 unspecified atom stereocenters. The van der Waals surface area contributed by atoms with Gasteiger partial charge in [-0.3, -0.25) is 14.2 Å². The van der Waals surface area contributed by atoms with Crippen LogP contribution in [0.1, 0.15) is 51.8 Å². The first kappa shape index (κ1) is 27.7. The molecule has 2 heterocycles. The van der Waals surface area contributed by atoms with Crippen molar-refractivity contribution in [2.75, 3.05) is 20.2 Å². The number of allylic oxidation sites excluding steroid dienone is 1. The molecule has 7 nitrogen and oxygen atoms in total. The molecule has 1 aliphatic heterocycles. The zero-order valence-corrected chi connectivity index (χ0v) is 24.0. The Morgan fingerprint density at radius 2 is 1.89 bits per heavy atom. The highest BCUT2D eigenvalue weighted by atomic mass is 35.5. The van der Waals surface area contributed by atoms with Crippen molar-refractivity contribution in [1.82, 2.24) is 9.47 Å². The molecule has 1 aromatic heterocycles. The van der Waals surface area contributed by atoms with Crippen molar-refractivity contribution in [3.8, 4) is 11.5 Å². The van der Waals surface area contributed by atoms with Crippen LogP contribution in [0.2, 0.25) is 5.02 Å². The van der Waals surface area contributed by atoms with Gasteiger partial charge < -0.3 is 14.4 Å². The summed E-state index contributed by atoms with van der Waals surface area (Å²) in [5.74, 6) is 1.07. The maximum Gasteiger partial charge on any atom is 0.271 e. The lowest BCUT2D eigenvalue weighted by Crippen LogP contribution is -2.43. The number of rotatable bonds is 8. The number of para-hydroxylation sites is 1. The fourth-order valence-corrected chi connectivity index (χ4v) is 5.82. The Hall–Kier alpha value is -3.36. The van der Waals surface area contributed by atoms with E-state index in [1.807, 2.05) is 58.9 Å². The Morgan fingerprint density at radius 1 is 1.18 bits per heavy atom. The maximum absolute atomic E-state index is 14.0. The molecule has 2 aromatic carbocycles. The number of nitrogens with zero attached hydrogens (tertiary/aromatic N) is 3. The highest BCUT2D eigenvalue weighted by molar-refractivity contribution is 7.07. The van der Waals surface area contributed by atoms with Gasteiger partial charge in [0.2, 0.25) is 0 Å². The monoisotopic (exact) mass is 553 g/mol. The topological polar surface area (TPSA) is 73.1 Å². The summed E-state index contributed by atoms with van der Waals surface area (Å²) in [5.41, 5.74) is 2.21. The van der Waals surface area contributed by atoms with Crippen molar-refractivity contribution < 1.29 is 14.3 Å². The number of halogens is 1. The molecule has 0 saturated carbocycles. The van der Waals surface area contributed by atoms with Crippen LogP contribution in [0.3, 0.4) is 0 Å². The Bertz CT molecular complexity index is 1570. The van der Waals surface area contributed by atoms with Crippen molar-refractivity contribution in [1.29, 1.82) is 0 Å². The van der Waals surface area contributed by atoms with E-state index < -0.39 is 6.04 Å². The van der Waals surface area contributed by atoms with Crippen molar-refractivity contribution >= 4 is 34.9 Å². The second kappa shape index (κ2) is 11.6. The van der Waals surface area contributed by atoms with Gasteiger partial charge in [0.1, 0.15) is 17.5 Å². The van der Waals surface area contributed by atoms with Crippen molar-refractivity contribution in [2.24, 2.45) is 4.99 Å². The van der Waals surface area contributed by atoms with E-state index in [0.29, 0.717) is 55.8 Å². The number of likely N-dealkylation sites (N-methyl/N-ethyl adjacent to an activating group) is 1. The second-order valence-electron chi connectivity index (χ2n) is 9.15. The lowest BCUT2D eigenvalue weighted by molar-refractivity contribution is -0.127. The summed E-state index contributed by atoms with van der Waals surface area (Å²) in [5, 5.41) is 0.537. The molecular weight excluding hydrogens is 522 g/mol. The summed E-state index contributed by atoms with van der Waals surface area (Å²) in [6.07, 6.45) is 1.73. The van der Waals surface area contributed by atoms with Crippen LogP contribution in [0.25, 0.3) is 6.08 Å². The van der Waals surface area contributed by atoms with Gasteiger partial charge in [0, 0.05) is 29.2 Å². The zero-order valence-electron chi connectivity index (χ0n) is 22.4. The van der Waals surface area contributed by atoms with E-state index in [0.717, 1.165) is 5.56 Å². The molecule has 0 saturated heterocycles. The fourth-order valence-electron chi connectivity index (χ4n) is 4.60. The number of hydrogen-bond acceptors (Lipinski definition) is 6. The van der Waals surface area contributed by atoms with E-state index in [1.54, 1.807) is 40.9 Å². The minimum atomic E-state index is -0.691. The summed E-state index contributed by atoms with van der Waals surface area (Å²) in [7, 11) is 1.58. The average Bonchev–Trinajstić information content (AvgIpc) is 3.19. The number of methoxy groups -OCH3 is 1. The van der Waals surface area contributed by atoms with Gasteiger partial charge in [0.05, 0.1) is 29.0 Å². The number of hydrogen-bond donors (Lipinski definition) is 0. The molecule has 0 N–H and O–H groups in total. The van der Waals surface area contributed by atoms with Gasteiger partial charge in [-0.05, 0) is 65.0 Å². The molecule has 3 aromatic rings. The average molecular weight is 554 g/mol. The number of thiazole rings is 1. The number of benzene rings is 2. The normalized spacial score (nSPS) is 15.4. The second-order valence-corrected chi connectivity index (χ2v) is 10.6. The smallest absolute Gasteiger partial charge is 0.271 e. The summed E-state index contributed by atoms with van der Waals surface area (Å²) in [4.78, 5) is 34.8. The fraction of sp³-hybridized carbons (Fsp3) is 0.345. The number of amides is 1. The van der Waals surface area contributed by atoms with Crippen LogP contribution in [0, 0.1) is 0 Å². The molecule has 200 valence electrons. The predicted molar refractivity (Wildman–Crippen MR) is 152 cm³/mol. The van der Waals surface area contributed by atoms with Gasteiger partial charge in [-0.1, -0.05) is 41.1 Å². The quantitative estimate of drug-likeness (QED) is 0.410. The standard InChI is InChI=1S/C29H32ClN3O4S/c1-7-32(8-2)28(35)25-18(5)31-29-33(26(25)21-11-9-10-12-23(21)36-6)27(34)24(38-29)16-19-15-20(30)13-14-22(19)37-17(3)4/h9-17,26H,7-8H2,1-6H3/b24-16-/t26-/m1/s1. The van der Waals surface area contributed by atoms with E-state index >= 15 is 0 Å². The first-order chi connectivity index (χ1) is 18.2. The molecule has 0 spiro atoms. The number of aromatic nitrogens is 1. The first-order valence-corrected chi connectivity index (χ1v) is 13.8. The van der Waals surface area contributed by atoms with E-state index in [1.165, 1.54) is 11.3 Å². The van der Waals surface area contributed by atoms with E-state index in [9.17, 15) is 9.59 Å². The molecule has 1 amide bonds. The molecule has 9 heteroatoms. The van der Waals surface area contributed by atoms with Gasteiger partial charge in [0.25, 0.3) is 11.5 Å². The zero-order chi connectivity index (χ0) is 27.6. The van der Waals surface area contributed by atoms with Crippen LogP contribution in [0.5, 0.6) is 11.5 Å². The molecule has 4 rings (SSSR count). The van der Waals surface area contributed by atoms with Gasteiger partial charge in [-0.2, -0.15) is 0 Å². The highest BCUT2D eigenvalue weighted by Gasteiger charge is 2.35. The van der Waals surface area contributed by atoms with Gasteiger partial charge >= 0.3 is 0 Å². The van der Waals surface area contributed by atoms with Crippen LogP contribution >= 0.6 is 22.9 Å². The van der Waals surface area contributed by atoms with Gasteiger partial charge in [-0.25, -0.2) is 4.99 Å². The molecule has 0 bridgehead atoms. The number of ether oxygens (including phenoxy) is 2. The summed E-state index contributed by atoms with van der Waals surface area (Å²) in [6.45, 7) is 10.7. The number of fused-ring (bicyclic) bond motifs is 1. The summed E-state index contributed by atoms with van der Waals surface area (Å²) >= 11 is 7.56. The Morgan fingerprint density at radius 3 is 2.55 bits per heavy atom. The number of carbonyl (C=O) groups excluding carboxylic acids is 1. The lowest BCUT2D eigenvalue weighted by Gasteiger charge is -2.29. The van der Waals surface area contributed by atoms with Crippen LogP contribution < -0.4 is 24.4 Å². The van der Waals surface area contributed by atoms with Crippen LogP contribution in [-0.4, -0.2) is 41.7 Å². The van der Waals surface area contributed by atoms with E-state index in [2.05, 4.69) is 0 Å². The molecule has 38 heavy (non-hydrogen) atoms. The third-order valence-electron chi connectivity index (χ3n) is 6.36. The largest absolute Gasteiger partial charge is 0.496 e. The molecular formula is C29H32ClN3O4S. The summed E-state index contributed by atoms with van der Waals surface area (Å²) < 4.78 is 13.7. The Balaban J connectivity index is 2.00.